The highest BCUT2D eigenvalue weighted by Crippen LogP contribution is 2.31. The van der Waals surface area contributed by atoms with Crippen molar-refractivity contribution in [2.45, 2.75) is 32.2 Å². The third-order valence-corrected chi connectivity index (χ3v) is 7.46. The maximum absolute atomic E-state index is 13.0. The molecule has 5 rings (SSSR count). The molecule has 1 aliphatic carbocycles. The fourth-order valence-corrected chi connectivity index (χ4v) is 5.41. The second kappa shape index (κ2) is 10.1. The Labute approximate surface area is 197 Å². The van der Waals surface area contributed by atoms with Gasteiger partial charge < -0.3 is 24.8 Å². The first-order valence-electron chi connectivity index (χ1n) is 12.5. The number of morpholine rings is 1. The molecular formula is C27H36N4O2. The topological polar surface area (TPSA) is 48.0 Å². The molecule has 2 aromatic carbocycles. The number of benzene rings is 2. The third kappa shape index (κ3) is 5.02. The monoisotopic (exact) mass is 448 g/mol. The van der Waals surface area contributed by atoms with E-state index in [0.717, 1.165) is 89.5 Å². The fraction of sp³-hybridized carbons (Fsp3) is 0.519. The molecule has 1 amide bonds. The number of hydrogen-bond donors (Lipinski definition) is 1. The lowest BCUT2D eigenvalue weighted by atomic mass is 9.86. The number of fused-ring (bicyclic) bond motifs is 1. The van der Waals surface area contributed by atoms with Gasteiger partial charge in [-0.25, -0.2) is 0 Å². The SMILES string of the molecule is CCN1CCN(c2cccc3c2C[C@H](NC(=O)c2ccc(N4CCOCC4)cc2)CC3)CC1. The number of likely N-dealkylation sites (N-methyl/N-ethyl adjacent to an activating group) is 1. The van der Waals surface area contributed by atoms with Gasteiger partial charge >= 0.3 is 0 Å². The van der Waals surface area contributed by atoms with Gasteiger partial charge in [0.15, 0.2) is 0 Å². The van der Waals surface area contributed by atoms with Gasteiger partial charge in [0.1, 0.15) is 0 Å². The Bertz CT molecular complexity index is 947. The number of aryl methyl sites for hydroxylation is 1. The van der Waals surface area contributed by atoms with Crippen LogP contribution >= 0.6 is 0 Å². The summed E-state index contributed by atoms with van der Waals surface area (Å²) in [5.74, 6) is 0.0334. The minimum atomic E-state index is 0.0334. The van der Waals surface area contributed by atoms with Crippen molar-refractivity contribution in [1.82, 2.24) is 10.2 Å². The Morgan fingerprint density at radius 1 is 0.970 bits per heavy atom. The second-order valence-corrected chi connectivity index (χ2v) is 9.40. The highest BCUT2D eigenvalue weighted by atomic mass is 16.5. The molecule has 1 atom stereocenters. The third-order valence-electron chi connectivity index (χ3n) is 7.46. The first kappa shape index (κ1) is 22.2. The van der Waals surface area contributed by atoms with Crippen LogP contribution in [0.15, 0.2) is 42.5 Å². The normalized spacial score (nSPS) is 21.5. The number of anilines is 2. The predicted molar refractivity (Wildman–Crippen MR) is 134 cm³/mol. The molecule has 176 valence electrons. The van der Waals surface area contributed by atoms with Crippen LogP contribution in [-0.4, -0.2) is 75.9 Å². The lowest BCUT2D eigenvalue weighted by molar-refractivity contribution is 0.0933. The molecule has 0 radical (unpaired) electrons. The van der Waals surface area contributed by atoms with E-state index in [1.165, 1.54) is 16.8 Å². The van der Waals surface area contributed by atoms with Crippen molar-refractivity contribution in [3.63, 3.8) is 0 Å². The van der Waals surface area contributed by atoms with Gasteiger partial charge in [-0.3, -0.25) is 4.79 Å². The van der Waals surface area contributed by atoms with Crippen molar-refractivity contribution in [2.24, 2.45) is 0 Å². The molecular weight excluding hydrogens is 412 g/mol. The zero-order valence-electron chi connectivity index (χ0n) is 19.8. The van der Waals surface area contributed by atoms with Crippen molar-refractivity contribution < 1.29 is 9.53 Å². The molecule has 2 saturated heterocycles. The summed E-state index contributed by atoms with van der Waals surface area (Å²) in [7, 11) is 0. The number of nitrogens with zero attached hydrogens (tertiary/aromatic N) is 3. The maximum atomic E-state index is 13.0. The van der Waals surface area contributed by atoms with Crippen LogP contribution in [0.5, 0.6) is 0 Å². The van der Waals surface area contributed by atoms with Crippen molar-refractivity contribution in [3.05, 3.63) is 59.2 Å². The van der Waals surface area contributed by atoms with Crippen LogP contribution in [0, 0.1) is 0 Å². The molecule has 0 unspecified atom stereocenters. The van der Waals surface area contributed by atoms with Gasteiger partial charge in [0.25, 0.3) is 5.91 Å². The summed E-state index contributed by atoms with van der Waals surface area (Å²) < 4.78 is 5.44. The molecule has 2 fully saturated rings. The summed E-state index contributed by atoms with van der Waals surface area (Å²) in [6, 6.07) is 15.0. The summed E-state index contributed by atoms with van der Waals surface area (Å²) in [6.07, 6.45) is 2.94. The number of hydrogen-bond acceptors (Lipinski definition) is 5. The molecule has 0 bridgehead atoms. The van der Waals surface area contributed by atoms with E-state index in [4.69, 9.17) is 4.74 Å². The maximum Gasteiger partial charge on any atom is 0.251 e. The van der Waals surface area contributed by atoms with Crippen LogP contribution in [0.3, 0.4) is 0 Å². The van der Waals surface area contributed by atoms with Gasteiger partial charge in [0, 0.05) is 62.2 Å². The highest BCUT2D eigenvalue weighted by molar-refractivity contribution is 5.94. The summed E-state index contributed by atoms with van der Waals surface area (Å²) in [4.78, 5) is 20.4. The average Bonchev–Trinajstić information content (AvgIpc) is 2.89. The second-order valence-electron chi connectivity index (χ2n) is 9.40. The largest absolute Gasteiger partial charge is 0.378 e. The van der Waals surface area contributed by atoms with Crippen LogP contribution in [0.4, 0.5) is 11.4 Å². The lowest BCUT2D eigenvalue weighted by Crippen LogP contribution is -2.47. The molecule has 1 N–H and O–H groups in total. The fourth-order valence-electron chi connectivity index (χ4n) is 5.41. The molecule has 0 saturated carbocycles. The first-order chi connectivity index (χ1) is 16.2. The number of nitrogens with one attached hydrogen (secondary N) is 1. The van der Waals surface area contributed by atoms with E-state index in [0.29, 0.717) is 0 Å². The number of carbonyl (C=O) groups excluding carboxylic acids is 1. The van der Waals surface area contributed by atoms with Gasteiger partial charge in [-0.05, 0) is 67.3 Å². The summed E-state index contributed by atoms with van der Waals surface area (Å²) in [5.41, 5.74) is 6.15. The smallest absolute Gasteiger partial charge is 0.251 e. The molecule has 2 aliphatic heterocycles. The molecule has 6 nitrogen and oxygen atoms in total. The number of piperazine rings is 1. The molecule has 2 heterocycles. The average molecular weight is 449 g/mol. The molecule has 3 aliphatic rings. The Kier molecular flexibility index (Phi) is 6.83. The Balaban J connectivity index is 1.23. The van der Waals surface area contributed by atoms with Crippen LogP contribution in [-0.2, 0) is 17.6 Å². The van der Waals surface area contributed by atoms with Crippen molar-refractivity contribution in [1.29, 1.82) is 0 Å². The van der Waals surface area contributed by atoms with Crippen LogP contribution in [0.2, 0.25) is 0 Å². The quantitative estimate of drug-likeness (QED) is 0.762. The molecule has 0 aromatic heterocycles. The summed E-state index contributed by atoms with van der Waals surface area (Å²) in [6.45, 7) is 11.1. The van der Waals surface area contributed by atoms with Gasteiger partial charge in [0.2, 0.25) is 0 Å². The summed E-state index contributed by atoms with van der Waals surface area (Å²) >= 11 is 0. The minimum Gasteiger partial charge on any atom is -0.378 e. The lowest BCUT2D eigenvalue weighted by Gasteiger charge is -2.38. The van der Waals surface area contributed by atoms with Crippen molar-refractivity contribution in [2.75, 3.05) is 68.8 Å². The van der Waals surface area contributed by atoms with E-state index >= 15 is 0 Å². The Morgan fingerprint density at radius 3 is 2.45 bits per heavy atom. The van der Waals surface area contributed by atoms with Crippen molar-refractivity contribution in [3.8, 4) is 0 Å². The Hall–Kier alpha value is -2.57. The van der Waals surface area contributed by atoms with E-state index < -0.39 is 0 Å². The summed E-state index contributed by atoms with van der Waals surface area (Å²) in [5, 5.41) is 3.32. The molecule has 0 spiro atoms. The van der Waals surface area contributed by atoms with Crippen LogP contribution in [0.25, 0.3) is 0 Å². The number of carbonyl (C=O) groups is 1. The van der Waals surface area contributed by atoms with Crippen molar-refractivity contribution >= 4 is 17.3 Å². The number of ether oxygens (including phenoxy) is 1. The molecule has 2 aromatic rings. The van der Waals surface area contributed by atoms with E-state index in [2.05, 4.69) is 57.3 Å². The van der Waals surface area contributed by atoms with E-state index in [9.17, 15) is 4.79 Å². The Morgan fingerprint density at radius 2 is 1.73 bits per heavy atom. The van der Waals surface area contributed by atoms with E-state index in [-0.39, 0.29) is 11.9 Å². The zero-order valence-corrected chi connectivity index (χ0v) is 19.8. The zero-order chi connectivity index (χ0) is 22.6. The van der Waals surface area contributed by atoms with Gasteiger partial charge in [0.05, 0.1) is 13.2 Å². The molecule has 6 heteroatoms. The number of amides is 1. The predicted octanol–water partition coefficient (Wildman–Crippen LogP) is 2.95. The highest BCUT2D eigenvalue weighted by Gasteiger charge is 2.26. The van der Waals surface area contributed by atoms with E-state index in [1.807, 2.05) is 12.1 Å². The van der Waals surface area contributed by atoms with Crippen LogP contribution in [0.1, 0.15) is 34.8 Å². The number of rotatable bonds is 5. The minimum absolute atomic E-state index is 0.0334. The standard InChI is InChI=1S/C27H36N4O2/c1-2-29-12-14-31(15-13-29)26-5-3-4-21-6-9-23(20-25(21)26)28-27(32)22-7-10-24(11-8-22)30-16-18-33-19-17-30/h3-5,7-8,10-11,23H,2,6,9,12-20H2,1H3,(H,28,32)/t23-/m1/s1. The molecule has 33 heavy (non-hydrogen) atoms. The van der Waals surface area contributed by atoms with Crippen LogP contribution < -0.4 is 15.1 Å². The van der Waals surface area contributed by atoms with Gasteiger partial charge in [-0.1, -0.05) is 19.1 Å². The van der Waals surface area contributed by atoms with E-state index in [1.54, 1.807) is 0 Å². The first-order valence-corrected chi connectivity index (χ1v) is 12.5. The van der Waals surface area contributed by atoms with Gasteiger partial charge in [-0.15, -0.1) is 0 Å². The van der Waals surface area contributed by atoms with Gasteiger partial charge in [-0.2, -0.15) is 0 Å².